The van der Waals surface area contributed by atoms with Crippen LogP contribution in [0.3, 0.4) is 0 Å². The summed E-state index contributed by atoms with van der Waals surface area (Å²) >= 11 is 0. The second-order valence-electron chi connectivity index (χ2n) is 16.3. The van der Waals surface area contributed by atoms with Gasteiger partial charge < -0.3 is 9.47 Å². The summed E-state index contributed by atoms with van der Waals surface area (Å²) in [7, 11) is 0. The van der Waals surface area contributed by atoms with Gasteiger partial charge in [-0.1, -0.05) is 153 Å². The van der Waals surface area contributed by atoms with Crippen molar-refractivity contribution in [3.63, 3.8) is 0 Å². The van der Waals surface area contributed by atoms with E-state index in [4.69, 9.17) is 0 Å². The standard InChI is InChI=1S/C56H46N2/c1-2-56(43-19-9-10-20-43)52-37-46(32-34-48(52)49-35-33-47(38-53(49)56)58-54-26-13-11-24-50(54)51-25-12-14-27-55(51)58)57(44-21-7-4-8-22-44)45-23-15-18-42(36-45)41-30-28-40(29-31-41)39-16-5-3-6-17-39/h3-8,11-18,21-38,43H,2,9-10,19-20H2,1H3. The molecule has 1 unspecified atom stereocenters. The van der Waals surface area contributed by atoms with E-state index in [2.05, 4.69) is 211 Å². The van der Waals surface area contributed by atoms with Gasteiger partial charge in [-0.15, -0.1) is 0 Å². The summed E-state index contributed by atoms with van der Waals surface area (Å²) in [5.74, 6) is 0.591. The molecular formula is C56H46N2. The number of anilines is 3. The smallest absolute Gasteiger partial charge is 0.0541 e. The fourth-order valence-corrected chi connectivity index (χ4v) is 10.8. The summed E-state index contributed by atoms with van der Waals surface area (Å²) in [6.45, 7) is 2.44. The molecule has 0 saturated heterocycles. The van der Waals surface area contributed by atoms with Crippen LogP contribution in [0.2, 0.25) is 0 Å². The first-order valence-electron chi connectivity index (χ1n) is 21.1. The van der Waals surface area contributed by atoms with E-state index in [1.165, 1.54) is 103 Å². The molecule has 280 valence electrons. The molecule has 1 atom stereocenters. The average molecular weight is 747 g/mol. The second kappa shape index (κ2) is 14.1. The molecule has 1 aromatic heterocycles. The highest BCUT2D eigenvalue weighted by Gasteiger charge is 2.48. The Morgan fingerprint density at radius 2 is 0.983 bits per heavy atom. The van der Waals surface area contributed by atoms with Gasteiger partial charge in [-0.25, -0.2) is 0 Å². The van der Waals surface area contributed by atoms with E-state index >= 15 is 0 Å². The fourth-order valence-electron chi connectivity index (χ4n) is 10.8. The predicted molar refractivity (Wildman–Crippen MR) is 245 cm³/mol. The number of benzene rings is 8. The normalized spacial score (nSPS) is 16.2. The van der Waals surface area contributed by atoms with Crippen molar-refractivity contribution in [2.45, 2.75) is 44.4 Å². The average Bonchev–Trinajstić information content (AvgIpc) is 4.02. The van der Waals surface area contributed by atoms with Crippen LogP contribution in [0.25, 0.3) is 60.9 Å². The Morgan fingerprint density at radius 1 is 0.466 bits per heavy atom. The highest BCUT2D eigenvalue weighted by atomic mass is 15.1. The molecule has 0 spiro atoms. The third-order valence-corrected chi connectivity index (χ3v) is 13.4. The van der Waals surface area contributed by atoms with Gasteiger partial charge in [-0.05, 0) is 130 Å². The van der Waals surface area contributed by atoms with Crippen molar-refractivity contribution in [1.29, 1.82) is 0 Å². The van der Waals surface area contributed by atoms with Gasteiger partial charge >= 0.3 is 0 Å². The van der Waals surface area contributed by atoms with E-state index in [9.17, 15) is 0 Å². The van der Waals surface area contributed by atoms with Crippen molar-refractivity contribution in [3.8, 4) is 39.1 Å². The largest absolute Gasteiger partial charge is 0.310 e. The van der Waals surface area contributed by atoms with Crippen molar-refractivity contribution in [1.82, 2.24) is 4.57 Å². The minimum atomic E-state index is -0.0728. The Kier molecular flexibility index (Phi) is 8.40. The molecule has 58 heavy (non-hydrogen) atoms. The molecule has 2 nitrogen and oxygen atoms in total. The maximum Gasteiger partial charge on any atom is 0.0541 e. The highest BCUT2D eigenvalue weighted by Crippen LogP contribution is 2.59. The highest BCUT2D eigenvalue weighted by molar-refractivity contribution is 6.09. The monoisotopic (exact) mass is 746 g/mol. The van der Waals surface area contributed by atoms with Crippen LogP contribution in [-0.4, -0.2) is 4.57 Å². The van der Waals surface area contributed by atoms with Crippen molar-refractivity contribution < 1.29 is 0 Å². The van der Waals surface area contributed by atoms with Gasteiger partial charge in [0.25, 0.3) is 0 Å². The Balaban J connectivity index is 1.05. The van der Waals surface area contributed by atoms with Gasteiger partial charge in [-0.2, -0.15) is 0 Å². The van der Waals surface area contributed by atoms with Crippen LogP contribution < -0.4 is 4.90 Å². The Hall–Kier alpha value is -6.64. The van der Waals surface area contributed by atoms with Crippen LogP contribution in [-0.2, 0) is 5.41 Å². The predicted octanol–water partition coefficient (Wildman–Crippen LogP) is 15.5. The Labute approximate surface area is 341 Å². The molecule has 0 bridgehead atoms. The van der Waals surface area contributed by atoms with E-state index < -0.39 is 0 Å². The topological polar surface area (TPSA) is 8.17 Å². The number of rotatable bonds is 8. The van der Waals surface area contributed by atoms with Crippen LogP contribution in [0.5, 0.6) is 0 Å². The summed E-state index contributed by atoms with van der Waals surface area (Å²) in [6.07, 6.45) is 6.21. The molecule has 1 heterocycles. The summed E-state index contributed by atoms with van der Waals surface area (Å²) in [4.78, 5) is 2.46. The zero-order chi connectivity index (χ0) is 38.6. The molecule has 1 fully saturated rings. The molecule has 2 aliphatic rings. The van der Waals surface area contributed by atoms with Gasteiger partial charge in [0.2, 0.25) is 0 Å². The molecule has 1 saturated carbocycles. The number of hydrogen-bond donors (Lipinski definition) is 0. The first-order chi connectivity index (χ1) is 28.7. The van der Waals surface area contributed by atoms with E-state index in [-0.39, 0.29) is 5.41 Å². The molecule has 0 amide bonds. The number of para-hydroxylation sites is 3. The van der Waals surface area contributed by atoms with Gasteiger partial charge in [-0.3, -0.25) is 0 Å². The van der Waals surface area contributed by atoms with Crippen molar-refractivity contribution in [2.24, 2.45) is 5.92 Å². The molecule has 2 heteroatoms. The van der Waals surface area contributed by atoms with Crippen LogP contribution >= 0.6 is 0 Å². The summed E-state index contributed by atoms with van der Waals surface area (Å²) in [5, 5.41) is 2.61. The van der Waals surface area contributed by atoms with Gasteiger partial charge in [0.05, 0.1) is 11.0 Å². The first-order valence-corrected chi connectivity index (χ1v) is 21.1. The summed E-state index contributed by atoms with van der Waals surface area (Å²) < 4.78 is 2.49. The molecule has 8 aromatic carbocycles. The number of aromatic nitrogens is 1. The Morgan fingerprint density at radius 3 is 1.66 bits per heavy atom. The molecule has 2 aliphatic carbocycles. The van der Waals surface area contributed by atoms with E-state index in [0.717, 1.165) is 17.8 Å². The Bertz CT molecular complexity index is 2880. The van der Waals surface area contributed by atoms with Crippen molar-refractivity contribution >= 4 is 38.9 Å². The van der Waals surface area contributed by atoms with E-state index in [1.54, 1.807) is 0 Å². The maximum absolute atomic E-state index is 2.57. The fraction of sp³-hybridized carbons (Fsp3) is 0.143. The quantitative estimate of drug-likeness (QED) is 0.150. The number of hydrogen-bond acceptors (Lipinski definition) is 1. The number of fused-ring (bicyclic) bond motifs is 6. The lowest BCUT2D eigenvalue weighted by molar-refractivity contribution is 0.322. The van der Waals surface area contributed by atoms with Crippen molar-refractivity contribution in [3.05, 3.63) is 205 Å². The van der Waals surface area contributed by atoms with E-state index in [0.29, 0.717) is 5.92 Å². The van der Waals surface area contributed by atoms with Crippen LogP contribution in [0.15, 0.2) is 194 Å². The van der Waals surface area contributed by atoms with Crippen LogP contribution in [0.1, 0.15) is 50.2 Å². The van der Waals surface area contributed by atoms with Crippen molar-refractivity contribution in [2.75, 3.05) is 4.90 Å². The third-order valence-electron chi connectivity index (χ3n) is 13.4. The summed E-state index contributed by atoms with van der Waals surface area (Å²) in [5.41, 5.74) is 17.9. The summed E-state index contributed by atoms with van der Waals surface area (Å²) in [6, 6.07) is 72.1. The maximum atomic E-state index is 2.57. The zero-order valence-electron chi connectivity index (χ0n) is 33.0. The van der Waals surface area contributed by atoms with Gasteiger partial charge in [0.15, 0.2) is 0 Å². The van der Waals surface area contributed by atoms with Crippen LogP contribution in [0.4, 0.5) is 17.1 Å². The minimum Gasteiger partial charge on any atom is -0.310 e. The molecule has 11 rings (SSSR count). The molecule has 0 radical (unpaired) electrons. The first kappa shape index (κ1) is 34.6. The second-order valence-corrected chi connectivity index (χ2v) is 16.3. The van der Waals surface area contributed by atoms with Crippen LogP contribution in [0, 0.1) is 5.92 Å². The van der Waals surface area contributed by atoms with Gasteiger partial charge in [0, 0.05) is 38.9 Å². The number of nitrogens with zero attached hydrogens (tertiary/aromatic N) is 2. The lowest BCUT2D eigenvalue weighted by Crippen LogP contribution is -2.33. The minimum absolute atomic E-state index is 0.0728. The van der Waals surface area contributed by atoms with Gasteiger partial charge in [0.1, 0.15) is 0 Å². The SMILES string of the molecule is CCC1(C2CCCC2)c2cc(N(c3ccccc3)c3cccc(-c4ccc(-c5ccccc5)cc4)c3)ccc2-c2ccc(-n3c4ccccc4c4ccccc43)cc21. The van der Waals surface area contributed by atoms with E-state index in [1.807, 2.05) is 0 Å². The third kappa shape index (κ3) is 5.46. The lowest BCUT2D eigenvalue weighted by Gasteiger charge is -2.38. The zero-order valence-corrected chi connectivity index (χ0v) is 33.0. The molecule has 9 aromatic rings. The lowest BCUT2D eigenvalue weighted by atomic mass is 9.66. The molecular weight excluding hydrogens is 701 g/mol. The molecule has 0 N–H and O–H groups in total. The molecule has 0 aliphatic heterocycles.